The van der Waals surface area contributed by atoms with E-state index in [-0.39, 0.29) is 6.03 Å². The third-order valence-electron chi connectivity index (χ3n) is 3.57. The summed E-state index contributed by atoms with van der Waals surface area (Å²) in [6, 6.07) is 20.9. The highest BCUT2D eigenvalue weighted by Crippen LogP contribution is 2.18. The number of urea groups is 1. The Kier molecular flexibility index (Phi) is 5.08. The summed E-state index contributed by atoms with van der Waals surface area (Å²) in [6.45, 7) is 0.434. The van der Waals surface area contributed by atoms with Crippen LogP contribution in [0.1, 0.15) is 11.1 Å². The first-order valence-electron chi connectivity index (χ1n) is 7.51. The number of nitrogens with zero attached hydrogens (tertiary/aromatic N) is 1. The number of nitrogens with one attached hydrogen (secondary N) is 2. The molecule has 0 saturated carbocycles. The smallest absolute Gasteiger partial charge is 0.333 e. The highest BCUT2D eigenvalue weighted by atomic mass is 35.5. The molecule has 0 atom stereocenters. The van der Waals surface area contributed by atoms with E-state index in [4.69, 9.17) is 11.6 Å². The van der Waals surface area contributed by atoms with Gasteiger partial charge in [0, 0.05) is 11.6 Å². The van der Waals surface area contributed by atoms with Gasteiger partial charge in [-0.2, -0.15) is 5.10 Å². The molecule has 0 aromatic heterocycles. The zero-order valence-corrected chi connectivity index (χ0v) is 13.6. The van der Waals surface area contributed by atoms with Crippen LogP contribution in [-0.4, -0.2) is 12.2 Å². The maximum atomic E-state index is 11.8. The van der Waals surface area contributed by atoms with Crippen molar-refractivity contribution < 1.29 is 4.79 Å². The van der Waals surface area contributed by atoms with Crippen molar-refractivity contribution >= 4 is 34.6 Å². The second-order valence-electron chi connectivity index (χ2n) is 5.24. The quantitative estimate of drug-likeness (QED) is 0.540. The molecule has 3 aromatic carbocycles. The number of carbonyl (C=O) groups is 1. The van der Waals surface area contributed by atoms with E-state index in [0.29, 0.717) is 11.6 Å². The van der Waals surface area contributed by atoms with Crippen molar-refractivity contribution in [3.63, 3.8) is 0 Å². The summed E-state index contributed by atoms with van der Waals surface area (Å²) in [7, 11) is 0. The topological polar surface area (TPSA) is 53.5 Å². The monoisotopic (exact) mass is 337 g/mol. The molecule has 0 spiro atoms. The van der Waals surface area contributed by atoms with E-state index in [2.05, 4.69) is 28.0 Å². The highest BCUT2D eigenvalue weighted by Gasteiger charge is 2.02. The normalized spacial score (nSPS) is 10.9. The Morgan fingerprint density at radius 2 is 1.75 bits per heavy atom. The number of amides is 2. The molecule has 0 saturated heterocycles. The lowest BCUT2D eigenvalue weighted by atomic mass is 10.0. The van der Waals surface area contributed by atoms with Crippen LogP contribution in [0.5, 0.6) is 0 Å². The van der Waals surface area contributed by atoms with Gasteiger partial charge in [-0.1, -0.05) is 66.2 Å². The largest absolute Gasteiger partial charge is 0.335 e. The van der Waals surface area contributed by atoms with Gasteiger partial charge in [0.2, 0.25) is 0 Å². The predicted molar refractivity (Wildman–Crippen MR) is 98.4 cm³/mol. The number of hydrogen-bond donors (Lipinski definition) is 2. The molecule has 120 valence electrons. The van der Waals surface area contributed by atoms with Crippen LogP contribution in [0, 0.1) is 0 Å². The van der Waals surface area contributed by atoms with Crippen LogP contribution in [0.3, 0.4) is 0 Å². The summed E-state index contributed by atoms with van der Waals surface area (Å²) in [6.07, 6.45) is 1.56. The van der Waals surface area contributed by atoms with Crippen molar-refractivity contribution in [1.82, 2.24) is 10.7 Å². The highest BCUT2D eigenvalue weighted by molar-refractivity contribution is 6.30. The molecule has 0 aliphatic heterocycles. The van der Waals surface area contributed by atoms with Gasteiger partial charge in [-0.3, -0.25) is 0 Å². The Bertz CT molecular complexity index is 870. The lowest BCUT2D eigenvalue weighted by Gasteiger charge is -2.07. The lowest BCUT2D eigenvalue weighted by Crippen LogP contribution is -2.31. The average Bonchev–Trinajstić information content (AvgIpc) is 2.61. The van der Waals surface area contributed by atoms with Gasteiger partial charge in [-0.05, 0) is 34.0 Å². The summed E-state index contributed by atoms with van der Waals surface area (Å²) in [5.41, 5.74) is 4.37. The number of fused-ring (bicyclic) bond motifs is 1. The summed E-state index contributed by atoms with van der Waals surface area (Å²) in [5, 5.41) is 9.66. The summed E-state index contributed by atoms with van der Waals surface area (Å²) >= 11 is 5.81. The van der Waals surface area contributed by atoms with Crippen molar-refractivity contribution in [1.29, 1.82) is 0 Å². The fourth-order valence-corrected chi connectivity index (χ4v) is 2.50. The molecule has 3 rings (SSSR count). The Morgan fingerprint density at radius 3 is 2.58 bits per heavy atom. The Balaban J connectivity index is 1.56. The molecular weight excluding hydrogens is 322 g/mol. The second kappa shape index (κ2) is 7.62. The number of halogens is 1. The summed E-state index contributed by atoms with van der Waals surface area (Å²) in [4.78, 5) is 11.8. The van der Waals surface area contributed by atoms with Gasteiger partial charge in [0.05, 0.1) is 6.21 Å². The van der Waals surface area contributed by atoms with Gasteiger partial charge < -0.3 is 5.32 Å². The van der Waals surface area contributed by atoms with E-state index < -0.39 is 0 Å². The summed E-state index contributed by atoms with van der Waals surface area (Å²) in [5.74, 6) is 0. The Labute approximate surface area is 145 Å². The third kappa shape index (κ3) is 4.12. The molecule has 4 nitrogen and oxygen atoms in total. The van der Waals surface area contributed by atoms with Crippen molar-refractivity contribution in [3.8, 4) is 0 Å². The maximum Gasteiger partial charge on any atom is 0.335 e. The van der Waals surface area contributed by atoms with Crippen LogP contribution in [0.2, 0.25) is 5.02 Å². The maximum absolute atomic E-state index is 11.8. The molecule has 0 aliphatic rings. The van der Waals surface area contributed by atoms with Crippen LogP contribution >= 0.6 is 11.6 Å². The molecule has 0 heterocycles. The van der Waals surface area contributed by atoms with Crippen molar-refractivity contribution in [2.45, 2.75) is 6.54 Å². The number of carbonyl (C=O) groups excluding carboxylic acids is 1. The predicted octanol–water partition coefficient (Wildman–Crippen LogP) is 4.33. The summed E-state index contributed by atoms with van der Waals surface area (Å²) < 4.78 is 0. The fourth-order valence-electron chi connectivity index (χ4n) is 2.38. The minimum Gasteiger partial charge on any atom is -0.333 e. The number of benzene rings is 3. The van der Waals surface area contributed by atoms with Gasteiger partial charge in [-0.25, -0.2) is 10.2 Å². The number of rotatable bonds is 4. The minimum atomic E-state index is -0.354. The van der Waals surface area contributed by atoms with Crippen LogP contribution in [0.15, 0.2) is 71.8 Å². The first-order valence-corrected chi connectivity index (χ1v) is 7.89. The van der Waals surface area contributed by atoms with Crippen molar-refractivity contribution in [3.05, 3.63) is 82.9 Å². The molecule has 2 N–H and O–H groups in total. The van der Waals surface area contributed by atoms with E-state index in [9.17, 15) is 4.79 Å². The standard InChI is InChI=1S/C19H16ClN3O/c20-17-10-8-14(9-11-17)12-22-23-19(24)21-13-16-6-3-5-15-4-1-2-7-18(15)16/h1-12H,13H2,(H2,21,23,24)/b22-12+. The van der Waals surface area contributed by atoms with Crippen LogP contribution in [-0.2, 0) is 6.54 Å². The lowest BCUT2D eigenvalue weighted by molar-refractivity contribution is 0.241. The van der Waals surface area contributed by atoms with Gasteiger partial charge in [0.1, 0.15) is 0 Å². The minimum absolute atomic E-state index is 0.354. The zero-order chi connectivity index (χ0) is 16.8. The molecule has 0 aliphatic carbocycles. The number of hydrogen-bond acceptors (Lipinski definition) is 2. The van der Waals surface area contributed by atoms with Crippen LogP contribution < -0.4 is 10.7 Å². The van der Waals surface area contributed by atoms with Crippen LogP contribution in [0.4, 0.5) is 4.79 Å². The van der Waals surface area contributed by atoms with Crippen molar-refractivity contribution in [2.24, 2.45) is 5.10 Å². The van der Waals surface area contributed by atoms with Gasteiger partial charge >= 0.3 is 6.03 Å². The van der Waals surface area contributed by atoms with E-state index in [0.717, 1.165) is 21.9 Å². The molecule has 2 amide bonds. The van der Waals surface area contributed by atoms with E-state index in [1.54, 1.807) is 18.3 Å². The molecule has 24 heavy (non-hydrogen) atoms. The molecule has 5 heteroatoms. The molecule has 0 bridgehead atoms. The van der Waals surface area contributed by atoms with E-state index >= 15 is 0 Å². The molecule has 0 unspecified atom stereocenters. The van der Waals surface area contributed by atoms with Gasteiger partial charge in [0.15, 0.2) is 0 Å². The molecule has 0 radical (unpaired) electrons. The first kappa shape index (κ1) is 16.0. The molecule has 3 aromatic rings. The first-order chi connectivity index (χ1) is 11.7. The molecular formula is C19H16ClN3O. The zero-order valence-electron chi connectivity index (χ0n) is 12.9. The third-order valence-corrected chi connectivity index (χ3v) is 3.82. The second-order valence-corrected chi connectivity index (χ2v) is 5.68. The molecule has 0 fully saturated rings. The van der Waals surface area contributed by atoms with Crippen molar-refractivity contribution in [2.75, 3.05) is 0 Å². The van der Waals surface area contributed by atoms with E-state index in [1.165, 1.54) is 0 Å². The fraction of sp³-hybridized carbons (Fsp3) is 0.0526. The Morgan fingerprint density at radius 1 is 1.00 bits per heavy atom. The average molecular weight is 338 g/mol. The SMILES string of the molecule is O=C(NCc1cccc2ccccc12)N/N=C/c1ccc(Cl)cc1. The van der Waals surface area contributed by atoms with Gasteiger partial charge in [-0.15, -0.1) is 0 Å². The van der Waals surface area contributed by atoms with Gasteiger partial charge in [0.25, 0.3) is 0 Å². The van der Waals surface area contributed by atoms with Crippen LogP contribution in [0.25, 0.3) is 10.8 Å². The number of hydrazone groups is 1. The Hall–Kier alpha value is -2.85. The van der Waals surface area contributed by atoms with E-state index in [1.807, 2.05) is 42.5 Å².